The fraction of sp³-hybridized carbons (Fsp3) is 0.579. The van der Waals surface area contributed by atoms with Crippen molar-refractivity contribution in [2.75, 3.05) is 18.9 Å². The van der Waals surface area contributed by atoms with Crippen molar-refractivity contribution in [3.05, 3.63) is 24.2 Å². The number of rotatable bonds is 7. The van der Waals surface area contributed by atoms with Gasteiger partial charge in [-0.1, -0.05) is 26.7 Å². The summed E-state index contributed by atoms with van der Waals surface area (Å²) in [6.07, 6.45) is -2.26. The van der Waals surface area contributed by atoms with Gasteiger partial charge in [0.05, 0.1) is 12.3 Å². The van der Waals surface area contributed by atoms with Crippen LogP contribution in [0.1, 0.15) is 38.5 Å². The summed E-state index contributed by atoms with van der Waals surface area (Å²) in [7, 11) is 0. The van der Waals surface area contributed by atoms with Gasteiger partial charge in [0.25, 0.3) is 0 Å². The summed E-state index contributed by atoms with van der Waals surface area (Å²) >= 11 is 0. The molecule has 4 N–H and O–H groups in total. The second-order valence-electron chi connectivity index (χ2n) is 7.21. The first-order valence-electron chi connectivity index (χ1n) is 9.69. The van der Waals surface area contributed by atoms with Crippen molar-refractivity contribution in [1.29, 1.82) is 5.26 Å². The Hall–Kier alpha value is -2.94. The molecule has 0 bridgehead atoms. The number of nitrogens with two attached hydrogens (primary N) is 1. The van der Waals surface area contributed by atoms with Crippen molar-refractivity contribution in [2.24, 2.45) is 5.92 Å². The molecule has 0 radical (unpaired) electrons. The second-order valence-corrected chi connectivity index (χ2v) is 7.21. The van der Waals surface area contributed by atoms with E-state index >= 15 is 0 Å². The molecule has 0 spiro atoms. The largest absolute Gasteiger partial charge is 0.508 e. The lowest BCUT2D eigenvalue weighted by Gasteiger charge is -2.24. The molecule has 11 nitrogen and oxygen atoms in total. The number of aromatic nitrogens is 3. The molecular formula is C19H25N5O6. The molecule has 11 heteroatoms. The third-order valence-electron chi connectivity index (χ3n) is 5.44. The predicted octanol–water partition coefficient (Wildman–Crippen LogP) is 0.956. The summed E-state index contributed by atoms with van der Waals surface area (Å²) < 4.78 is 17.2. The lowest BCUT2D eigenvalue weighted by molar-refractivity contribution is -0.0864. The monoisotopic (exact) mass is 419 g/mol. The lowest BCUT2D eigenvalue weighted by Crippen LogP contribution is -2.46. The second kappa shape index (κ2) is 8.83. The number of aliphatic hydroxyl groups excluding tert-OH is 2. The molecule has 1 aliphatic rings. The van der Waals surface area contributed by atoms with Gasteiger partial charge in [-0.05, 0) is 18.1 Å². The molecule has 30 heavy (non-hydrogen) atoms. The van der Waals surface area contributed by atoms with Crippen molar-refractivity contribution in [3.63, 3.8) is 0 Å². The van der Waals surface area contributed by atoms with Crippen LogP contribution in [0.5, 0.6) is 0 Å². The minimum atomic E-state index is -1.97. The van der Waals surface area contributed by atoms with Crippen molar-refractivity contribution >= 4 is 17.5 Å². The van der Waals surface area contributed by atoms with Gasteiger partial charge in [0.2, 0.25) is 5.60 Å². The molecular weight excluding hydrogens is 394 g/mol. The molecule has 1 fully saturated rings. The van der Waals surface area contributed by atoms with Crippen molar-refractivity contribution in [2.45, 2.75) is 50.6 Å². The highest BCUT2D eigenvalue weighted by atomic mass is 16.7. The number of nitrogens with zero attached hydrogens (tertiary/aromatic N) is 4. The van der Waals surface area contributed by atoms with Gasteiger partial charge in [-0.15, -0.1) is 0 Å². The molecule has 3 heterocycles. The summed E-state index contributed by atoms with van der Waals surface area (Å²) in [5.74, 6) is 0.429. The third kappa shape index (κ3) is 3.89. The van der Waals surface area contributed by atoms with Crippen LogP contribution in [0.15, 0.2) is 18.5 Å². The maximum Gasteiger partial charge on any atom is 0.508 e. The topological polar surface area (TPSA) is 165 Å². The van der Waals surface area contributed by atoms with E-state index in [1.54, 1.807) is 12.1 Å². The standard InChI is InChI=1S/C19H25N5O6/c1-3-11(4-2)7-28-18(27)29-9-19(8-20)16(26)14(25)15(30-19)12-5-6-13-17(21)22-10-23-24(12)13/h5-6,10-11,14-16,25-26H,3-4,7,9H2,1-2H3,(H2,21,22,23)/t14-,15-,16-,19+/m0/s1. The smallest absolute Gasteiger partial charge is 0.434 e. The highest BCUT2D eigenvalue weighted by Gasteiger charge is 2.57. The summed E-state index contributed by atoms with van der Waals surface area (Å²) in [6, 6.07) is 5.05. The van der Waals surface area contributed by atoms with Gasteiger partial charge in [-0.2, -0.15) is 10.4 Å². The number of carbonyl (C=O) groups excluding carboxylic acids is 1. The SMILES string of the molecule is CCC(CC)COC(=O)OC[C@@]1(C#N)O[C@@H](c2ccc3c(N)ncnn23)[C@H](O)[C@@H]1O. The van der Waals surface area contributed by atoms with E-state index in [0.29, 0.717) is 11.2 Å². The number of nitriles is 1. The lowest BCUT2D eigenvalue weighted by atomic mass is 9.96. The molecule has 0 unspecified atom stereocenters. The van der Waals surface area contributed by atoms with Crippen LogP contribution in [-0.2, 0) is 14.2 Å². The molecule has 0 aromatic carbocycles. The minimum Gasteiger partial charge on any atom is -0.434 e. The first-order chi connectivity index (χ1) is 14.4. The number of nitrogen functional groups attached to an aromatic ring is 1. The molecule has 2 aromatic rings. The van der Waals surface area contributed by atoms with Crippen LogP contribution in [0.4, 0.5) is 10.6 Å². The quantitative estimate of drug-likeness (QED) is 0.550. The Labute approximate surface area is 173 Å². The van der Waals surface area contributed by atoms with Crippen LogP contribution in [0.25, 0.3) is 5.52 Å². The van der Waals surface area contributed by atoms with E-state index in [0.717, 1.165) is 12.8 Å². The van der Waals surface area contributed by atoms with E-state index in [-0.39, 0.29) is 18.3 Å². The molecule has 1 aliphatic heterocycles. The molecule has 0 saturated carbocycles. The van der Waals surface area contributed by atoms with Gasteiger partial charge in [0, 0.05) is 0 Å². The Balaban J connectivity index is 1.74. The van der Waals surface area contributed by atoms with Crippen molar-refractivity contribution < 1.29 is 29.2 Å². The molecule has 0 aliphatic carbocycles. The normalized spacial score (nSPS) is 26.1. The first kappa shape index (κ1) is 21.8. The van der Waals surface area contributed by atoms with E-state index in [2.05, 4.69) is 10.1 Å². The van der Waals surface area contributed by atoms with E-state index in [9.17, 15) is 20.3 Å². The van der Waals surface area contributed by atoms with Gasteiger partial charge in [0.1, 0.15) is 42.8 Å². The number of ether oxygens (including phenoxy) is 3. The average molecular weight is 419 g/mol. The molecule has 1 saturated heterocycles. The van der Waals surface area contributed by atoms with Crippen LogP contribution in [0.2, 0.25) is 0 Å². The van der Waals surface area contributed by atoms with Gasteiger partial charge in [-0.25, -0.2) is 14.3 Å². The Bertz CT molecular complexity index is 939. The molecule has 2 aromatic heterocycles. The number of anilines is 1. The number of fused-ring (bicyclic) bond motifs is 1. The minimum absolute atomic E-state index is 0.192. The molecule has 162 valence electrons. The zero-order valence-corrected chi connectivity index (χ0v) is 16.8. The van der Waals surface area contributed by atoms with Crippen LogP contribution in [0.3, 0.4) is 0 Å². The van der Waals surface area contributed by atoms with Crippen LogP contribution >= 0.6 is 0 Å². The molecule has 3 rings (SSSR count). The Kier molecular flexibility index (Phi) is 6.40. The van der Waals surface area contributed by atoms with Crippen molar-refractivity contribution in [3.8, 4) is 6.07 Å². The maximum atomic E-state index is 11.9. The van der Waals surface area contributed by atoms with E-state index < -0.39 is 36.7 Å². The Morgan fingerprint density at radius 2 is 2.13 bits per heavy atom. The van der Waals surface area contributed by atoms with Gasteiger partial charge >= 0.3 is 6.16 Å². The summed E-state index contributed by atoms with van der Waals surface area (Å²) in [5.41, 5.74) is 4.68. The van der Waals surface area contributed by atoms with E-state index in [1.807, 2.05) is 19.9 Å². The van der Waals surface area contributed by atoms with Crippen LogP contribution in [-0.4, -0.2) is 62.0 Å². The average Bonchev–Trinajstić information content (AvgIpc) is 3.29. The molecule has 0 amide bonds. The fourth-order valence-electron chi connectivity index (χ4n) is 3.39. The summed E-state index contributed by atoms with van der Waals surface area (Å²) in [6.45, 7) is 3.56. The number of aliphatic hydroxyl groups is 2. The molecule has 4 atom stereocenters. The third-order valence-corrected chi connectivity index (χ3v) is 5.44. The number of hydrogen-bond acceptors (Lipinski definition) is 10. The van der Waals surface area contributed by atoms with Crippen LogP contribution < -0.4 is 5.73 Å². The number of hydrogen-bond donors (Lipinski definition) is 3. The number of carbonyl (C=O) groups is 1. The fourth-order valence-corrected chi connectivity index (χ4v) is 3.39. The first-order valence-corrected chi connectivity index (χ1v) is 9.69. The van der Waals surface area contributed by atoms with Crippen molar-refractivity contribution in [1.82, 2.24) is 14.6 Å². The zero-order chi connectivity index (χ0) is 21.9. The van der Waals surface area contributed by atoms with Gasteiger partial charge in [-0.3, -0.25) is 0 Å². The Morgan fingerprint density at radius 1 is 1.40 bits per heavy atom. The van der Waals surface area contributed by atoms with E-state index in [4.69, 9.17) is 19.9 Å². The summed E-state index contributed by atoms with van der Waals surface area (Å²) in [5, 5.41) is 34.8. The van der Waals surface area contributed by atoms with Gasteiger partial charge in [0.15, 0.2) is 5.82 Å². The highest BCUT2D eigenvalue weighted by Crippen LogP contribution is 2.40. The van der Waals surface area contributed by atoms with Crippen LogP contribution in [0, 0.1) is 17.2 Å². The van der Waals surface area contributed by atoms with Gasteiger partial charge < -0.3 is 30.2 Å². The summed E-state index contributed by atoms with van der Waals surface area (Å²) in [4.78, 5) is 15.8. The zero-order valence-electron chi connectivity index (χ0n) is 16.8. The van der Waals surface area contributed by atoms with E-state index in [1.165, 1.54) is 10.8 Å². The highest BCUT2D eigenvalue weighted by molar-refractivity contribution is 5.65. The Morgan fingerprint density at radius 3 is 2.80 bits per heavy atom. The predicted molar refractivity (Wildman–Crippen MR) is 103 cm³/mol. The maximum absolute atomic E-state index is 11.9.